The third-order valence-corrected chi connectivity index (χ3v) is 3.41. The molecule has 2 rings (SSSR count). The van der Waals surface area contributed by atoms with Crippen LogP contribution in [0.5, 0.6) is 0 Å². The van der Waals surface area contributed by atoms with Crippen molar-refractivity contribution in [3.05, 3.63) is 0 Å². The second-order valence-corrected chi connectivity index (χ2v) is 4.59. The summed E-state index contributed by atoms with van der Waals surface area (Å²) in [5, 5.41) is 6.26. The molecule has 3 atom stereocenters. The van der Waals surface area contributed by atoms with Gasteiger partial charge in [0, 0.05) is 19.1 Å². The van der Waals surface area contributed by atoms with E-state index in [0.717, 1.165) is 13.0 Å². The maximum atomic E-state index is 11.8. The Morgan fingerprint density at radius 2 is 2.25 bits per heavy atom. The second-order valence-electron chi connectivity index (χ2n) is 4.59. The zero-order valence-corrected chi connectivity index (χ0v) is 10.5. The van der Waals surface area contributed by atoms with Gasteiger partial charge >= 0.3 is 0 Å². The quantitative estimate of drug-likeness (QED) is 0.757. The van der Waals surface area contributed by atoms with Crippen LogP contribution in [0.15, 0.2) is 0 Å². The summed E-state index contributed by atoms with van der Waals surface area (Å²) in [6.45, 7) is 4.34. The Balaban J connectivity index is 0.00000128. The van der Waals surface area contributed by atoms with Gasteiger partial charge in [-0.15, -0.1) is 12.4 Å². The standard InChI is InChI=1S/C11H20N2O2.ClH/c1-8-3-2-4-9(8)13-11(14)10-7-12-5-6-15-10;/h8-10,12H,2-7H2,1H3,(H,13,14);1H/t8?,9?,10-;/m0./s1. The van der Waals surface area contributed by atoms with Gasteiger partial charge in [0.2, 0.25) is 0 Å². The first-order chi connectivity index (χ1) is 7.27. The lowest BCUT2D eigenvalue weighted by Crippen LogP contribution is -2.50. The van der Waals surface area contributed by atoms with Gasteiger partial charge in [-0.3, -0.25) is 4.79 Å². The molecule has 2 fully saturated rings. The van der Waals surface area contributed by atoms with Gasteiger partial charge < -0.3 is 15.4 Å². The zero-order chi connectivity index (χ0) is 10.7. The molecule has 1 aliphatic carbocycles. The average molecular weight is 249 g/mol. The summed E-state index contributed by atoms with van der Waals surface area (Å²) in [6.07, 6.45) is 3.30. The molecule has 1 heterocycles. The van der Waals surface area contributed by atoms with E-state index in [1.165, 1.54) is 12.8 Å². The fraction of sp³-hybridized carbons (Fsp3) is 0.909. The van der Waals surface area contributed by atoms with Crippen molar-refractivity contribution in [2.45, 2.75) is 38.3 Å². The Hall–Kier alpha value is -0.320. The molecule has 1 saturated carbocycles. The summed E-state index contributed by atoms with van der Waals surface area (Å²) in [7, 11) is 0. The van der Waals surface area contributed by atoms with Crippen molar-refractivity contribution in [1.29, 1.82) is 0 Å². The molecule has 0 bridgehead atoms. The molecule has 2 unspecified atom stereocenters. The number of carbonyl (C=O) groups excluding carboxylic acids is 1. The topological polar surface area (TPSA) is 50.4 Å². The van der Waals surface area contributed by atoms with E-state index >= 15 is 0 Å². The van der Waals surface area contributed by atoms with E-state index in [2.05, 4.69) is 17.6 Å². The lowest BCUT2D eigenvalue weighted by atomic mass is 10.1. The predicted octanol–water partition coefficient (Wildman–Crippen LogP) is 0.701. The van der Waals surface area contributed by atoms with Gasteiger partial charge in [-0.1, -0.05) is 13.3 Å². The van der Waals surface area contributed by atoms with Gasteiger partial charge in [-0.05, 0) is 18.8 Å². The maximum Gasteiger partial charge on any atom is 0.250 e. The first kappa shape index (κ1) is 13.7. The number of halogens is 1. The van der Waals surface area contributed by atoms with Crippen LogP contribution in [0.25, 0.3) is 0 Å². The van der Waals surface area contributed by atoms with Crippen molar-refractivity contribution < 1.29 is 9.53 Å². The van der Waals surface area contributed by atoms with Gasteiger partial charge in [-0.25, -0.2) is 0 Å². The molecule has 2 aliphatic rings. The number of amides is 1. The predicted molar refractivity (Wildman–Crippen MR) is 64.8 cm³/mol. The van der Waals surface area contributed by atoms with Gasteiger partial charge in [0.05, 0.1) is 6.61 Å². The molecule has 1 saturated heterocycles. The average Bonchev–Trinajstić information content (AvgIpc) is 2.66. The molecule has 1 aliphatic heterocycles. The van der Waals surface area contributed by atoms with Crippen LogP contribution >= 0.6 is 12.4 Å². The summed E-state index contributed by atoms with van der Waals surface area (Å²) >= 11 is 0. The number of nitrogens with one attached hydrogen (secondary N) is 2. The van der Waals surface area contributed by atoms with Crippen LogP contribution in [0, 0.1) is 5.92 Å². The monoisotopic (exact) mass is 248 g/mol. The Kier molecular flexibility index (Phi) is 5.52. The number of morpholine rings is 1. The third-order valence-electron chi connectivity index (χ3n) is 3.41. The summed E-state index contributed by atoms with van der Waals surface area (Å²) in [6, 6.07) is 0.364. The normalized spacial score (nSPS) is 34.2. The molecule has 5 heteroatoms. The van der Waals surface area contributed by atoms with Gasteiger partial charge in [0.25, 0.3) is 5.91 Å². The fourth-order valence-corrected chi connectivity index (χ4v) is 2.37. The van der Waals surface area contributed by atoms with Crippen LogP contribution in [0.2, 0.25) is 0 Å². The van der Waals surface area contributed by atoms with Crippen molar-refractivity contribution in [3.8, 4) is 0 Å². The highest BCUT2D eigenvalue weighted by atomic mass is 35.5. The van der Waals surface area contributed by atoms with Crippen LogP contribution in [0.3, 0.4) is 0 Å². The highest BCUT2D eigenvalue weighted by molar-refractivity contribution is 5.85. The number of carbonyl (C=O) groups is 1. The molecular weight excluding hydrogens is 228 g/mol. The van der Waals surface area contributed by atoms with Crippen molar-refractivity contribution in [2.75, 3.05) is 19.7 Å². The zero-order valence-electron chi connectivity index (χ0n) is 9.70. The lowest BCUT2D eigenvalue weighted by molar-refractivity contribution is -0.135. The molecule has 16 heavy (non-hydrogen) atoms. The third kappa shape index (κ3) is 3.34. The van der Waals surface area contributed by atoms with Crippen molar-refractivity contribution in [3.63, 3.8) is 0 Å². The highest BCUT2D eigenvalue weighted by Gasteiger charge is 2.28. The largest absolute Gasteiger partial charge is 0.366 e. The molecule has 4 nitrogen and oxygen atoms in total. The van der Waals surface area contributed by atoms with Gasteiger partial charge in [-0.2, -0.15) is 0 Å². The van der Waals surface area contributed by atoms with Gasteiger partial charge in [0.1, 0.15) is 6.10 Å². The summed E-state index contributed by atoms with van der Waals surface area (Å²) in [5.74, 6) is 0.673. The smallest absolute Gasteiger partial charge is 0.250 e. The maximum absolute atomic E-state index is 11.8. The van der Waals surface area contributed by atoms with Crippen LogP contribution in [-0.4, -0.2) is 37.7 Å². The van der Waals surface area contributed by atoms with E-state index in [0.29, 0.717) is 25.1 Å². The van der Waals surface area contributed by atoms with E-state index in [4.69, 9.17) is 4.74 Å². The van der Waals surface area contributed by atoms with Crippen molar-refractivity contribution in [2.24, 2.45) is 5.92 Å². The Bertz CT molecular complexity index is 232. The molecule has 0 aromatic rings. The van der Waals surface area contributed by atoms with E-state index in [9.17, 15) is 4.79 Å². The summed E-state index contributed by atoms with van der Waals surface area (Å²) in [4.78, 5) is 11.8. The van der Waals surface area contributed by atoms with Crippen LogP contribution in [-0.2, 0) is 9.53 Å². The van der Waals surface area contributed by atoms with Crippen molar-refractivity contribution >= 4 is 18.3 Å². The van der Waals surface area contributed by atoms with Gasteiger partial charge in [0.15, 0.2) is 0 Å². The minimum absolute atomic E-state index is 0. The lowest BCUT2D eigenvalue weighted by Gasteiger charge is -2.25. The molecule has 94 valence electrons. The van der Waals surface area contributed by atoms with E-state index in [1.807, 2.05) is 0 Å². The molecule has 1 amide bonds. The van der Waals surface area contributed by atoms with E-state index in [1.54, 1.807) is 0 Å². The first-order valence-electron chi connectivity index (χ1n) is 5.90. The van der Waals surface area contributed by atoms with E-state index < -0.39 is 0 Å². The molecule has 0 spiro atoms. The fourth-order valence-electron chi connectivity index (χ4n) is 2.37. The Labute approximate surface area is 103 Å². The van der Waals surface area contributed by atoms with Crippen molar-refractivity contribution in [1.82, 2.24) is 10.6 Å². The summed E-state index contributed by atoms with van der Waals surface area (Å²) < 4.78 is 5.41. The minimum atomic E-state index is -0.286. The Morgan fingerprint density at radius 3 is 2.81 bits per heavy atom. The molecule has 0 radical (unpaired) electrons. The summed E-state index contributed by atoms with van der Waals surface area (Å²) in [5.41, 5.74) is 0. The first-order valence-corrected chi connectivity index (χ1v) is 5.90. The number of hydrogen-bond donors (Lipinski definition) is 2. The Morgan fingerprint density at radius 1 is 1.44 bits per heavy atom. The molecule has 0 aromatic heterocycles. The highest BCUT2D eigenvalue weighted by Crippen LogP contribution is 2.24. The molecular formula is C11H21ClN2O2. The van der Waals surface area contributed by atoms with Crippen LogP contribution < -0.4 is 10.6 Å². The van der Waals surface area contributed by atoms with Crippen LogP contribution in [0.4, 0.5) is 0 Å². The minimum Gasteiger partial charge on any atom is -0.366 e. The second kappa shape index (κ2) is 6.42. The molecule has 2 N–H and O–H groups in total. The van der Waals surface area contributed by atoms with E-state index in [-0.39, 0.29) is 24.4 Å². The number of ether oxygens (including phenoxy) is 1. The molecule has 0 aromatic carbocycles. The number of hydrogen-bond acceptors (Lipinski definition) is 3. The SMILES string of the molecule is CC1CCCC1NC(=O)[C@@H]1CNCCO1.Cl. The number of rotatable bonds is 2. The van der Waals surface area contributed by atoms with Crippen LogP contribution in [0.1, 0.15) is 26.2 Å².